The number of carbonyl (C=O) groups excluding carboxylic acids is 10. The molecule has 11 aromatic carbocycles. The summed E-state index contributed by atoms with van der Waals surface area (Å²) in [6.45, 7) is -0.698. The molecule has 16 rings (SSSR count). The van der Waals surface area contributed by atoms with E-state index in [1.807, 2.05) is 12.1 Å². The van der Waals surface area contributed by atoms with Gasteiger partial charge in [-0.2, -0.15) is 0 Å². The first kappa shape index (κ1) is 97.9. The fraction of sp³-hybridized carbons (Fsp3) is 0.161. The van der Waals surface area contributed by atoms with Gasteiger partial charge in [-0.05, 0) is 159 Å². The molecule has 0 aromatic heterocycles. The summed E-state index contributed by atoms with van der Waals surface area (Å²) in [5, 5.41) is 282. The Morgan fingerprint density at radius 3 is 0.909 bits per heavy atom. The summed E-state index contributed by atoms with van der Waals surface area (Å²) < 4.78 is 66.5. The number of likely N-dealkylation sites (N-methyl/N-ethyl adjacent to an activating group) is 1. The lowest BCUT2D eigenvalue weighted by Gasteiger charge is -2.56. The van der Waals surface area contributed by atoms with Crippen LogP contribution in [-0.2, 0) is 40.3 Å². The number of aliphatic hydroxyl groups excluding tert-OH is 1. The standard InChI is InChI=1S/C76H52O46.C17H19NO3/c77-32-1-22(2-33(78)53(32)92)67(103)113-47-16-27(11-42(87)58(47)97)66(102)112-21-52-63(119-72(108)28-12-43(88)59(98)48(17-28)114-68(104)23-3-34(79)54(93)35(80)4-23)64(120-73(109)29-13-44(89)60(99)49(18-29)115-69(105)24-5-36(81)55(94)37(82)6-24)65(121-74(110)30-14-45(90)61(100)50(19-30)116-70(106)25-7-38(83)56(95)39(84)8-25)76(118-52)122-75(111)31-15-46(91)62(101)51(20-31)117-71(107)26-9-40(85)57(96)41(86)10-26;1-18-7-6-17-10-3-5-13(20)16(17)21-15-12(19)4-2-9(14(15)17)8-11(10)18/h1-20,52,63-65,76-101H,21H2;2-5,10-11,13,16,19-20H,6-8H2,1H3/t52-,63-,64+,65-,76+;10-,11+,13-,16-,17-/m10/s1. The van der Waals surface area contributed by atoms with Crippen molar-refractivity contribution in [2.75, 3.05) is 20.2 Å². The zero-order valence-electron chi connectivity index (χ0n) is 71.9. The Bertz CT molecular complexity index is 7130. The number of likely N-dealkylation sites (tertiary alicyclic amines) is 1. The van der Waals surface area contributed by atoms with Crippen molar-refractivity contribution in [2.24, 2.45) is 5.92 Å². The van der Waals surface area contributed by atoms with Crippen molar-refractivity contribution in [1.82, 2.24) is 4.90 Å². The van der Waals surface area contributed by atoms with Gasteiger partial charge < -0.3 is 200 Å². The third-order valence-corrected chi connectivity index (χ3v) is 23.1. The van der Waals surface area contributed by atoms with E-state index in [4.69, 9.17) is 56.8 Å². The molecule has 2 bridgehead atoms. The van der Waals surface area contributed by atoms with Crippen LogP contribution < -0.4 is 28.4 Å². The lowest BCUT2D eigenvalue weighted by Crippen LogP contribution is -2.64. The van der Waals surface area contributed by atoms with Crippen LogP contribution >= 0.6 is 0 Å². The molecule has 1 spiro atoms. The van der Waals surface area contributed by atoms with Crippen molar-refractivity contribution in [1.29, 1.82) is 0 Å². The number of nitrogens with zero attached hydrogens (tertiary/aromatic N) is 1. The van der Waals surface area contributed by atoms with Gasteiger partial charge in [0, 0.05) is 22.9 Å². The van der Waals surface area contributed by atoms with Crippen molar-refractivity contribution in [3.8, 4) is 184 Å². The maximum absolute atomic E-state index is 15.3. The van der Waals surface area contributed by atoms with Crippen LogP contribution in [0.3, 0.4) is 0 Å². The normalized spacial score (nSPS) is 18.7. The quantitative estimate of drug-likeness (QED) is 0.0128. The van der Waals surface area contributed by atoms with E-state index in [1.54, 1.807) is 6.07 Å². The zero-order valence-corrected chi connectivity index (χ0v) is 71.9. The van der Waals surface area contributed by atoms with E-state index in [0.29, 0.717) is 139 Å². The summed E-state index contributed by atoms with van der Waals surface area (Å²) in [5.74, 6) is -54.8. The number of aromatic hydroxyl groups is 26. The van der Waals surface area contributed by atoms with Crippen LogP contribution in [0.2, 0.25) is 0 Å². The van der Waals surface area contributed by atoms with Gasteiger partial charge in [-0.3, -0.25) is 0 Å². The predicted octanol–water partition coefficient (Wildman–Crippen LogP) is 6.04. The Labute approximate surface area is 793 Å². The van der Waals surface area contributed by atoms with Crippen molar-refractivity contribution < 1.29 is 243 Å². The number of ether oxygens (including phenoxy) is 12. The van der Waals surface area contributed by atoms with Gasteiger partial charge in [-0.1, -0.05) is 18.2 Å². The van der Waals surface area contributed by atoms with E-state index in [9.17, 15) is 171 Å². The molecule has 0 saturated carbocycles. The third kappa shape index (κ3) is 18.8. The third-order valence-electron chi connectivity index (χ3n) is 23.1. The highest BCUT2D eigenvalue weighted by atomic mass is 16.8. The monoisotopic (exact) mass is 1990 g/mol. The molecule has 0 radical (unpaired) electrons. The number of esters is 10. The molecule has 3 heterocycles. The van der Waals surface area contributed by atoms with Crippen LogP contribution in [0.1, 0.15) is 121 Å². The lowest BCUT2D eigenvalue weighted by molar-refractivity contribution is -0.282. The average Bonchev–Trinajstić information content (AvgIpc) is 1.54. The molecule has 2 fully saturated rings. The molecule has 742 valence electrons. The molecule has 3 aliphatic heterocycles. The topological polar surface area (TPSA) is 831 Å². The van der Waals surface area contributed by atoms with E-state index in [0.717, 1.165) is 19.4 Å². The van der Waals surface area contributed by atoms with Crippen molar-refractivity contribution >= 4 is 59.7 Å². The number of phenols is 26. The van der Waals surface area contributed by atoms with E-state index in [-0.39, 0.29) is 17.3 Å². The Morgan fingerprint density at radius 2 is 0.594 bits per heavy atom. The fourth-order valence-electron chi connectivity index (χ4n) is 16.1. The molecular formula is C93H71NO49. The predicted molar refractivity (Wildman–Crippen MR) is 460 cm³/mol. The number of phenolic OH excluding ortho intramolecular Hbond substituents is 26. The van der Waals surface area contributed by atoms with Crippen LogP contribution in [0.4, 0.5) is 0 Å². The highest BCUT2D eigenvalue weighted by molar-refractivity contribution is 6.00. The lowest BCUT2D eigenvalue weighted by atomic mass is 9.53. The van der Waals surface area contributed by atoms with E-state index in [1.165, 1.54) is 11.1 Å². The number of aliphatic hydroxyl groups is 1. The van der Waals surface area contributed by atoms with E-state index < -0.39 is 331 Å². The first-order valence-electron chi connectivity index (χ1n) is 40.9. The average molecular weight is 1990 g/mol. The van der Waals surface area contributed by atoms with Gasteiger partial charge in [0.2, 0.25) is 41.1 Å². The summed E-state index contributed by atoms with van der Waals surface area (Å²) in [5.41, 5.74) is -7.60. The fourth-order valence-corrected chi connectivity index (χ4v) is 16.1. The van der Waals surface area contributed by atoms with E-state index in [2.05, 4.69) is 18.0 Å². The number of rotatable bonds is 21. The molecule has 50 heteroatoms. The maximum Gasteiger partial charge on any atom is 0.343 e. The second kappa shape index (κ2) is 37.8. The van der Waals surface area contributed by atoms with Crippen molar-refractivity contribution in [2.45, 2.75) is 67.2 Å². The van der Waals surface area contributed by atoms with Crippen molar-refractivity contribution in [3.63, 3.8) is 0 Å². The number of hydrogen-bond acceptors (Lipinski definition) is 50. The highest BCUT2D eigenvalue weighted by Crippen LogP contribution is 2.63. The molecule has 10 atom stereocenters. The molecule has 2 aliphatic carbocycles. The second-order valence-electron chi connectivity index (χ2n) is 32.1. The molecule has 143 heavy (non-hydrogen) atoms. The van der Waals surface area contributed by atoms with Gasteiger partial charge in [0.15, 0.2) is 167 Å². The van der Waals surface area contributed by atoms with Crippen LogP contribution in [0, 0.1) is 5.92 Å². The molecular weight excluding hydrogens is 1910 g/mol. The minimum Gasteiger partial charge on any atom is -0.504 e. The molecule has 11 aromatic rings. The summed E-state index contributed by atoms with van der Waals surface area (Å²) >= 11 is 0. The van der Waals surface area contributed by atoms with Crippen LogP contribution in [0.25, 0.3) is 0 Å². The summed E-state index contributed by atoms with van der Waals surface area (Å²) in [6, 6.07) is 12.8. The number of carbonyl (C=O) groups is 10. The van der Waals surface area contributed by atoms with Gasteiger partial charge in [0.1, 0.15) is 24.9 Å². The first-order valence-corrected chi connectivity index (χ1v) is 40.9. The van der Waals surface area contributed by atoms with Crippen LogP contribution in [0.15, 0.2) is 146 Å². The summed E-state index contributed by atoms with van der Waals surface area (Å²) in [7, 11) is 2.19. The van der Waals surface area contributed by atoms with Gasteiger partial charge in [-0.25, -0.2) is 47.9 Å². The van der Waals surface area contributed by atoms with Crippen LogP contribution in [-0.4, -0.2) is 272 Å². The van der Waals surface area contributed by atoms with Crippen molar-refractivity contribution in [3.05, 3.63) is 212 Å². The van der Waals surface area contributed by atoms with Gasteiger partial charge in [-0.15, -0.1) is 0 Å². The highest BCUT2D eigenvalue weighted by Gasteiger charge is 2.64. The Morgan fingerprint density at radius 1 is 0.322 bits per heavy atom. The molecule has 0 unspecified atom stereocenters. The zero-order chi connectivity index (χ0) is 104. The minimum atomic E-state index is -3.12. The maximum atomic E-state index is 15.3. The molecule has 27 N–H and O–H groups in total. The molecule has 50 nitrogen and oxygen atoms in total. The molecule has 0 amide bonds. The Balaban J connectivity index is 0.000000637. The van der Waals surface area contributed by atoms with Gasteiger partial charge in [0.25, 0.3) is 0 Å². The number of hydrogen-bond donors (Lipinski definition) is 27. The Hall–Kier alpha value is -19.7. The summed E-state index contributed by atoms with van der Waals surface area (Å²) in [6.07, 6.45) is -9.87. The number of benzene rings is 11. The summed E-state index contributed by atoms with van der Waals surface area (Å²) in [4.78, 5) is 145. The Kier molecular flexibility index (Phi) is 25.9. The molecule has 2 saturated heterocycles. The van der Waals surface area contributed by atoms with Gasteiger partial charge in [0.05, 0.1) is 55.6 Å². The molecule has 5 aliphatic rings. The largest absolute Gasteiger partial charge is 0.504 e. The van der Waals surface area contributed by atoms with Gasteiger partial charge >= 0.3 is 59.7 Å². The first-order chi connectivity index (χ1) is 67.5. The SMILES string of the molecule is CN1CC[C@]23c4c5ccc(O)c4O[C@H]2[C@@H](O)C=C[C@H]3[C@H]1C5.O=C(OC[C@H]1O[C@@H](OC(=O)c2cc(O)c(O)c(OC(=O)c3cc(O)c(O)c(O)c3)c2)[C@H](OC(=O)c2cc(O)c(O)c(OC(=O)c3cc(O)c(O)c(O)c3)c2)[C@@H](OC(=O)c2cc(O)c(O)c(OC(=O)c3cc(O)c(O)c(O)c3)c2)[C@@H]1OC(=O)c1cc(O)c(O)c(OC(=O)c2cc(O)c(O)c(O)c2)c1)c1cc(O)c(O)c(OC(=O)c2cc(O)c(O)c(O)c2)c1. The van der Waals surface area contributed by atoms with Crippen LogP contribution in [0.5, 0.6) is 184 Å². The second-order valence-corrected chi connectivity index (χ2v) is 32.1. The van der Waals surface area contributed by atoms with E-state index >= 15 is 14.4 Å². The smallest absolute Gasteiger partial charge is 0.343 e. The minimum absolute atomic E-state index is 0.160. The number of piperidine rings is 1.